The van der Waals surface area contributed by atoms with Gasteiger partial charge in [0.2, 0.25) is 0 Å². The zero-order chi connectivity index (χ0) is 9.72. The fourth-order valence-corrected chi connectivity index (χ4v) is 0.551. The highest BCUT2D eigenvalue weighted by molar-refractivity contribution is 6.36. The lowest BCUT2D eigenvalue weighted by Crippen LogP contribution is -2.38. The molecule has 12 heavy (non-hydrogen) atoms. The maximum atomic E-state index is 10.8. The van der Waals surface area contributed by atoms with Crippen LogP contribution in [0.2, 0.25) is 0 Å². The van der Waals surface area contributed by atoms with Gasteiger partial charge < -0.3 is 14.6 Å². The summed E-state index contributed by atoms with van der Waals surface area (Å²) < 4.78 is 4.42. The molecule has 0 fully saturated rings. The van der Waals surface area contributed by atoms with Crippen LogP contribution in [0, 0.1) is 5.92 Å². The SMILES string of the molecule is CCOC(=O)C(C)C(=O)C(=O)[O-]. The van der Waals surface area contributed by atoms with Crippen LogP contribution in [0.15, 0.2) is 0 Å². The van der Waals surface area contributed by atoms with Crippen LogP contribution in [0.1, 0.15) is 13.8 Å². The number of aliphatic carboxylic acids is 1. The van der Waals surface area contributed by atoms with Gasteiger partial charge >= 0.3 is 5.97 Å². The number of carbonyl (C=O) groups is 3. The zero-order valence-electron chi connectivity index (χ0n) is 6.83. The van der Waals surface area contributed by atoms with Crippen LogP contribution < -0.4 is 5.11 Å². The van der Waals surface area contributed by atoms with Crippen LogP contribution >= 0.6 is 0 Å². The lowest BCUT2D eigenvalue weighted by atomic mass is 10.1. The van der Waals surface area contributed by atoms with E-state index >= 15 is 0 Å². The fraction of sp³-hybridized carbons (Fsp3) is 0.571. The second kappa shape index (κ2) is 4.48. The Morgan fingerprint density at radius 1 is 1.42 bits per heavy atom. The molecule has 0 amide bonds. The number of hydrogen-bond donors (Lipinski definition) is 0. The molecule has 0 aliphatic rings. The molecular weight excluding hydrogens is 164 g/mol. The third-order valence-corrected chi connectivity index (χ3v) is 1.23. The van der Waals surface area contributed by atoms with E-state index in [1.807, 2.05) is 0 Å². The van der Waals surface area contributed by atoms with Gasteiger partial charge in [0.05, 0.1) is 6.61 Å². The number of carbonyl (C=O) groups excluding carboxylic acids is 3. The van der Waals surface area contributed by atoms with E-state index in [0.29, 0.717) is 0 Å². The predicted molar refractivity (Wildman–Crippen MR) is 35.8 cm³/mol. The molecule has 0 aliphatic heterocycles. The van der Waals surface area contributed by atoms with Gasteiger partial charge in [-0.3, -0.25) is 9.59 Å². The first-order chi connectivity index (χ1) is 5.50. The van der Waals surface area contributed by atoms with E-state index in [1.54, 1.807) is 6.92 Å². The van der Waals surface area contributed by atoms with Crippen LogP contribution in [-0.4, -0.2) is 24.3 Å². The summed E-state index contributed by atoms with van der Waals surface area (Å²) in [6, 6.07) is 0. The minimum atomic E-state index is -1.87. The van der Waals surface area contributed by atoms with Crippen molar-refractivity contribution in [2.75, 3.05) is 6.61 Å². The molecule has 0 aromatic carbocycles. The largest absolute Gasteiger partial charge is 0.542 e. The normalized spacial score (nSPS) is 11.8. The molecule has 5 nitrogen and oxygen atoms in total. The molecule has 0 aromatic heterocycles. The van der Waals surface area contributed by atoms with Crippen molar-refractivity contribution in [1.29, 1.82) is 0 Å². The molecule has 0 N–H and O–H groups in total. The first kappa shape index (κ1) is 10.6. The highest BCUT2D eigenvalue weighted by Crippen LogP contribution is 1.99. The Morgan fingerprint density at radius 2 is 1.92 bits per heavy atom. The zero-order valence-corrected chi connectivity index (χ0v) is 6.83. The van der Waals surface area contributed by atoms with Crippen LogP contribution in [0.3, 0.4) is 0 Å². The standard InChI is InChI=1S/C7H10O5/c1-3-12-7(11)4(2)5(8)6(9)10/h4H,3H2,1-2H3,(H,9,10)/p-1. The predicted octanol–water partition coefficient (Wildman–Crippen LogP) is -1.50. The van der Waals surface area contributed by atoms with Crippen molar-refractivity contribution in [3.8, 4) is 0 Å². The highest BCUT2D eigenvalue weighted by atomic mass is 16.5. The van der Waals surface area contributed by atoms with Gasteiger partial charge in [-0.2, -0.15) is 0 Å². The molecule has 0 rings (SSSR count). The lowest BCUT2D eigenvalue weighted by molar-refractivity contribution is -0.300. The molecule has 0 saturated carbocycles. The molecule has 0 radical (unpaired) electrons. The summed E-state index contributed by atoms with van der Waals surface area (Å²) in [7, 11) is 0. The van der Waals surface area contributed by atoms with E-state index in [-0.39, 0.29) is 6.61 Å². The van der Waals surface area contributed by atoms with E-state index in [4.69, 9.17) is 0 Å². The van der Waals surface area contributed by atoms with Gasteiger partial charge in [-0.15, -0.1) is 0 Å². The van der Waals surface area contributed by atoms with E-state index < -0.39 is 23.6 Å². The number of Topliss-reactive ketones (excluding diaryl/α,β-unsaturated/α-hetero) is 1. The molecule has 1 atom stereocenters. The van der Waals surface area contributed by atoms with Gasteiger partial charge in [0.25, 0.3) is 0 Å². The van der Waals surface area contributed by atoms with Gasteiger partial charge in [0.1, 0.15) is 11.9 Å². The quantitative estimate of drug-likeness (QED) is 0.293. The summed E-state index contributed by atoms with van der Waals surface area (Å²) in [5.41, 5.74) is 0. The van der Waals surface area contributed by atoms with E-state index in [9.17, 15) is 19.5 Å². The molecule has 0 saturated heterocycles. The van der Waals surface area contributed by atoms with Gasteiger partial charge in [0.15, 0.2) is 5.78 Å². The van der Waals surface area contributed by atoms with Crippen LogP contribution in [0.4, 0.5) is 0 Å². The third kappa shape index (κ3) is 2.69. The van der Waals surface area contributed by atoms with E-state index in [0.717, 1.165) is 6.92 Å². The number of esters is 1. The second-order valence-corrected chi connectivity index (χ2v) is 2.13. The monoisotopic (exact) mass is 173 g/mol. The fourth-order valence-electron chi connectivity index (χ4n) is 0.551. The van der Waals surface area contributed by atoms with Gasteiger partial charge in [-0.05, 0) is 13.8 Å². The minimum absolute atomic E-state index is 0.115. The number of ether oxygens (including phenoxy) is 1. The Balaban J connectivity index is 4.19. The maximum absolute atomic E-state index is 10.8. The first-order valence-corrected chi connectivity index (χ1v) is 3.42. The number of ketones is 1. The topological polar surface area (TPSA) is 83.5 Å². The van der Waals surface area contributed by atoms with Crippen LogP contribution in [0.25, 0.3) is 0 Å². The molecular formula is C7H9O5-. The Labute approximate surface area is 69.3 Å². The average Bonchev–Trinajstić information content (AvgIpc) is 2.02. The number of carboxylic acid groups (broad SMARTS) is 1. The van der Waals surface area contributed by atoms with Crippen molar-refractivity contribution in [3.63, 3.8) is 0 Å². The Bertz CT molecular complexity index is 208. The minimum Gasteiger partial charge on any atom is -0.542 e. The molecule has 0 spiro atoms. The van der Waals surface area contributed by atoms with Gasteiger partial charge in [-0.25, -0.2) is 0 Å². The maximum Gasteiger partial charge on any atom is 0.316 e. The number of hydrogen-bond acceptors (Lipinski definition) is 5. The van der Waals surface area contributed by atoms with Crippen molar-refractivity contribution in [2.45, 2.75) is 13.8 Å². The summed E-state index contributed by atoms with van der Waals surface area (Å²) in [6.45, 7) is 2.84. The van der Waals surface area contributed by atoms with Crippen molar-refractivity contribution >= 4 is 17.7 Å². The Hall–Kier alpha value is -1.39. The van der Waals surface area contributed by atoms with E-state index in [1.165, 1.54) is 0 Å². The Morgan fingerprint density at radius 3 is 2.25 bits per heavy atom. The number of carboxylic acids is 1. The molecule has 5 heteroatoms. The molecule has 0 heterocycles. The average molecular weight is 173 g/mol. The first-order valence-electron chi connectivity index (χ1n) is 3.42. The van der Waals surface area contributed by atoms with Crippen LogP contribution in [0.5, 0.6) is 0 Å². The van der Waals surface area contributed by atoms with Crippen molar-refractivity contribution < 1.29 is 24.2 Å². The molecule has 0 aliphatic carbocycles. The van der Waals surface area contributed by atoms with Crippen LogP contribution in [-0.2, 0) is 19.1 Å². The van der Waals surface area contributed by atoms with Gasteiger partial charge in [-0.1, -0.05) is 0 Å². The number of rotatable bonds is 4. The molecule has 68 valence electrons. The Kier molecular flexibility index (Phi) is 3.96. The summed E-state index contributed by atoms with van der Waals surface area (Å²) >= 11 is 0. The summed E-state index contributed by atoms with van der Waals surface area (Å²) in [6.07, 6.45) is 0. The lowest BCUT2D eigenvalue weighted by Gasteiger charge is -2.08. The molecule has 0 bridgehead atoms. The third-order valence-electron chi connectivity index (χ3n) is 1.23. The summed E-state index contributed by atoms with van der Waals surface area (Å²) in [5, 5.41) is 9.98. The van der Waals surface area contributed by atoms with Crippen molar-refractivity contribution in [2.24, 2.45) is 5.92 Å². The summed E-state index contributed by atoms with van der Waals surface area (Å²) in [4.78, 5) is 31.3. The van der Waals surface area contributed by atoms with Crippen molar-refractivity contribution in [3.05, 3.63) is 0 Å². The highest BCUT2D eigenvalue weighted by Gasteiger charge is 2.22. The van der Waals surface area contributed by atoms with Crippen molar-refractivity contribution in [1.82, 2.24) is 0 Å². The molecule has 1 unspecified atom stereocenters. The molecule has 0 aromatic rings. The smallest absolute Gasteiger partial charge is 0.316 e. The summed E-state index contributed by atoms with van der Waals surface area (Å²) in [5.74, 6) is -5.24. The van der Waals surface area contributed by atoms with Gasteiger partial charge in [0, 0.05) is 0 Å². The van der Waals surface area contributed by atoms with E-state index in [2.05, 4.69) is 4.74 Å². The second-order valence-electron chi connectivity index (χ2n) is 2.13.